The van der Waals surface area contributed by atoms with Gasteiger partial charge in [0.2, 0.25) is 0 Å². The van der Waals surface area contributed by atoms with Crippen LogP contribution in [0.4, 0.5) is 0 Å². The molecule has 0 saturated carbocycles. The van der Waals surface area contributed by atoms with Crippen LogP contribution in [0, 0.1) is 0 Å². The van der Waals surface area contributed by atoms with E-state index < -0.39 is 0 Å². The summed E-state index contributed by atoms with van der Waals surface area (Å²) in [6.45, 7) is 5.97. The molecule has 0 spiro atoms. The van der Waals surface area contributed by atoms with E-state index in [2.05, 4.69) is 39.0 Å². The summed E-state index contributed by atoms with van der Waals surface area (Å²) in [5.74, 6) is 0. The molecule has 0 N–H and O–H groups in total. The summed E-state index contributed by atoms with van der Waals surface area (Å²) in [6.07, 6.45) is 3.54. The van der Waals surface area contributed by atoms with Crippen LogP contribution in [0.25, 0.3) is 11.0 Å². The van der Waals surface area contributed by atoms with Crippen LogP contribution < -0.4 is 0 Å². The molecule has 0 fully saturated rings. The molecule has 0 saturated heterocycles. The van der Waals surface area contributed by atoms with Gasteiger partial charge in [-0.2, -0.15) is 0 Å². The van der Waals surface area contributed by atoms with Crippen LogP contribution >= 0.6 is 15.9 Å². The Bertz CT molecular complexity index is 500. The molecule has 0 atom stereocenters. The Balaban J connectivity index is 2.02. The summed E-state index contributed by atoms with van der Waals surface area (Å²) in [7, 11) is -0.191. The van der Waals surface area contributed by atoms with E-state index in [0.29, 0.717) is 6.73 Å². The predicted molar refractivity (Wildman–Crippen MR) is 73.5 cm³/mol. The minimum absolute atomic E-state index is 0.191. The van der Waals surface area contributed by atoms with Crippen molar-refractivity contribution < 1.29 is 4.74 Å². The molecule has 0 amide bonds. The Morgan fingerprint density at radius 3 is 3.00 bits per heavy atom. The first-order valence-electron chi connectivity index (χ1n) is 5.50. The molecular weight excluding hydrogens is 298 g/mol. The van der Waals surface area contributed by atoms with Gasteiger partial charge in [-0.25, -0.2) is 9.97 Å². The second-order valence-corrected chi connectivity index (χ2v) is 7.85. The fourth-order valence-corrected chi connectivity index (χ4v) is 2.47. The summed E-state index contributed by atoms with van der Waals surface area (Å²) in [6, 6.07) is 3.18. The van der Waals surface area contributed by atoms with Crippen LogP contribution in [-0.2, 0) is 11.5 Å². The van der Waals surface area contributed by atoms with Crippen molar-refractivity contribution in [2.45, 2.75) is 25.9 Å². The van der Waals surface area contributed by atoms with E-state index in [1.54, 1.807) is 6.33 Å². The first-order valence-corrected chi connectivity index (χ1v) is 9.00. The lowest BCUT2D eigenvalue weighted by Gasteiger charge is -2.04. The van der Waals surface area contributed by atoms with Crippen molar-refractivity contribution in [3.8, 4) is 0 Å². The fourth-order valence-electron chi connectivity index (χ4n) is 1.52. The van der Waals surface area contributed by atoms with Crippen LogP contribution in [-0.4, -0.2) is 29.9 Å². The van der Waals surface area contributed by atoms with Crippen molar-refractivity contribution in [2.75, 3.05) is 6.61 Å². The molecule has 2 aromatic heterocycles. The van der Waals surface area contributed by atoms with Crippen LogP contribution in [0.5, 0.6) is 0 Å². The highest BCUT2D eigenvalue weighted by molar-refractivity contribution is 9.10. The quantitative estimate of drug-likeness (QED) is 0.484. The zero-order valence-electron chi connectivity index (χ0n) is 9.98. The molecule has 2 heterocycles. The lowest BCUT2D eigenvalue weighted by Crippen LogP contribution is -2.08. The van der Waals surface area contributed by atoms with Crippen molar-refractivity contribution in [2.24, 2.45) is 0 Å². The smallest absolute Gasteiger partial charge is 0.310 e. The second kappa shape index (κ2) is 5.75. The van der Waals surface area contributed by atoms with E-state index in [0.717, 1.165) is 22.2 Å². The molecule has 0 radical (unpaired) electrons. The molecule has 17 heavy (non-hydrogen) atoms. The number of hydrogen-bond donors (Lipinski definition) is 0. The summed E-state index contributed by atoms with van der Waals surface area (Å²) in [5, 5.41) is 1.02. The Labute approximate surface area is 111 Å². The van der Waals surface area contributed by atoms with Crippen molar-refractivity contribution in [3.63, 3.8) is 0 Å². The lowest BCUT2D eigenvalue weighted by molar-refractivity contribution is 0.0902. The molecular formula is C11H15BrN3OSi+. The molecule has 2 rings (SSSR count). The zero-order valence-corrected chi connectivity index (χ0v) is 12.6. The van der Waals surface area contributed by atoms with Crippen molar-refractivity contribution in [1.29, 1.82) is 0 Å². The normalized spacial score (nSPS) is 11.0. The highest BCUT2D eigenvalue weighted by atomic mass is 79.9. The number of nitrogens with zero attached hydrogens (tertiary/aromatic N) is 3. The van der Waals surface area contributed by atoms with Gasteiger partial charge in [0.1, 0.15) is 23.3 Å². The fraction of sp³-hybridized carbons (Fsp3) is 0.455. The standard InChI is InChI=1S/C11H15BrN3OSi/c1-17(2)6-5-16-8-15-4-3-9-10(12)13-7-14-11(9)15/h3-4,7H,5-6,8H2,1-2H3/q+1. The Morgan fingerprint density at radius 2 is 2.24 bits per heavy atom. The van der Waals surface area contributed by atoms with E-state index in [9.17, 15) is 0 Å². The van der Waals surface area contributed by atoms with Crippen LogP contribution in [0.15, 0.2) is 23.2 Å². The Hall–Kier alpha value is -0.723. The number of fused-ring (bicyclic) bond motifs is 1. The van der Waals surface area contributed by atoms with Gasteiger partial charge in [-0.1, -0.05) is 0 Å². The van der Waals surface area contributed by atoms with Gasteiger partial charge in [0, 0.05) is 6.20 Å². The molecule has 0 aromatic carbocycles. The molecule has 0 bridgehead atoms. The van der Waals surface area contributed by atoms with Gasteiger partial charge >= 0.3 is 8.80 Å². The topological polar surface area (TPSA) is 39.9 Å². The number of hydrogen-bond acceptors (Lipinski definition) is 3. The molecule has 0 aliphatic carbocycles. The third kappa shape index (κ3) is 3.14. The largest absolute Gasteiger partial charge is 0.358 e. The Morgan fingerprint density at radius 1 is 1.41 bits per heavy atom. The zero-order chi connectivity index (χ0) is 12.3. The minimum atomic E-state index is -0.191. The molecule has 2 aromatic rings. The number of rotatable bonds is 5. The number of ether oxygens (including phenoxy) is 1. The van der Waals surface area contributed by atoms with Gasteiger partial charge in [0.05, 0.1) is 31.1 Å². The van der Waals surface area contributed by atoms with Crippen molar-refractivity contribution >= 4 is 35.8 Å². The first kappa shape index (κ1) is 12.7. The summed E-state index contributed by atoms with van der Waals surface area (Å²) in [5.41, 5.74) is 0.908. The second-order valence-electron chi connectivity index (χ2n) is 4.18. The minimum Gasteiger partial charge on any atom is -0.358 e. The molecule has 0 unspecified atom stereocenters. The molecule has 0 aliphatic heterocycles. The van der Waals surface area contributed by atoms with E-state index in [1.807, 2.05) is 16.8 Å². The van der Waals surface area contributed by atoms with Crippen LogP contribution in [0.3, 0.4) is 0 Å². The van der Waals surface area contributed by atoms with Gasteiger partial charge < -0.3 is 9.30 Å². The maximum atomic E-state index is 5.65. The summed E-state index contributed by atoms with van der Waals surface area (Å²) < 4.78 is 8.48. The van der Waals surface area contributed by atoms with Gasteiger partial charge in [-0.05, 0) is 22.0 Å². The average Bonchev–Trinajstić information content (AvgIpc) is 2.69. The molecule has 6 heteroatoms. The van der Waals surface area contributed by atoms with Crippen molar-refractivity contribution in [3.05, 3.63) is 23.2 Å². The highest BCUT2D eigenvalue weighted by Gasteiger charge is 2.10. The summed E-state index contributed by atoms with van der Waals surface area (Å²) in [4.78, 5) is 8.36. The maximum Gasteiger partial charge on any atom is 0.310 e. The summed E-state index contributed by atoms with van der Waals surface area (Å²) >= 11 is 3.41. The predicted octanol–water partition coefficient (Wildman–Crippen LogP) is 2.92. The Kier molecular flexibility index (Phi) is 4.30. The average molecular weight is 313 g/mol. The third-order valence-corrected chi connectivity index (χ3v) is 4.32. The van der Waals surface area contributed by atoms with Gasteiger partial charge in [0.25, 0.3) is 0 Å². The molecule has 90 valence electrons. The van der Waals surface area contributed by atoms with Gasteiger partial charge in [0.15, 0.2) is 0 Å². The monoisotopic (exact) mass is 312 g/mol. The van der Waals surface area contributed by atoms with E-state index in [4.69, 9.17) is 4.74 Å². The molecule has 4 nitrogen and oxygen atoms in total. The lowest BCUT2D eigenvalue weighted by atomic mass is 10.4. The van der Waals surface area contributed by atoms with Gasteiger partial charge in [-0.15, -0.1) is 0 Å². The SMILES string of the molecule is C[Si+](C)CCOCn1ccc2c(Br)ncnc21. The number of aromatic nitrogens is 3. The van der Waals surface area contributed by atoms with E-state index in [-0.39, 0.29) is 8.80 Å². The maximum absolute atomic E-state index is 5.65. The van der Waals surface area contributed by atoms with Crippen LogP contribution in [0.1, 0.15) is 0 Å². The van der Waals surface area contributed by atoms with E-state index in [1.165, 1.54) is 6.04 Å². The van der Waals surface area contributed by atoms with E-state index >= 15 is 0 Å². The highest BCUT2D eigenvalue weighted by Crippen LogP contribution is 2.20. The van der Waals surface area contributed by atoms with Crippen LogP contribution in [0.2, 0.25) is 19.1 Å². The number of halogens is 1. The van der Waals surface area contributed by atoms with Gasteiger partial charge in [-0.3, -0.25) is 0 Å². The molecule has 0 aliphatic rings. The first-order chi connectivity index (χ1) is 8.18. The van der Waals surface area contributed by atoms with Crippen molar-refractivity contribution in [1.82, 2.24) is 14.5 Å². The third-order valence-electron chi connectivity index (χ3n) is 2.48.